The zero-order valence-electron chi connectivity index (χ0n) is 17.0. The highest BCUT2D eigenvalue weighted by Crippen LogP contribution is 2.52. The molecule has 2 aromatic rings. The molecule has 0 nitrogen and oxygen atoms in total. The fourth-order valence-corrected chi connectivity index (χ4v) is 4.65. The standard InChI is InChI=1S/C25H32/c1-23(2,3)17-10-12-19-20-13-11-18(24(4,5)16-8-9-16)15-22(20)25(6,7)21(19)14-17/h10-16H,8-9H2,1-7H3. The lowest BCUT2D eigenvalue weighted by Crippen LogP contribution is -2.22. The lowest BCUT2D eigenvalue weighted by atomic mass is 9.75. The van der Waals surface area contributed by atoms with Crippen molar-refractivity contribution >= 4 is 0 Å². The molecule has 0 heterocycles. The molecule has 0 N–H and O–H groups in total. The van der Waals surface area contributed by atoms with Crippen LogP contribution in [0.3, 0.4) is 0 Å². The van der Waals surface area contributed by atoms with Crippen molar-refractivity contribution in [3.05, 3.63) is 58.7 Å². The van der Waals surface area contributed by atoms with Crippen LogP contribution in [0.15, 0.2) is 36.4 Å². The normalized spacial score (nSPS) is 18.8. The first-order valence-corrected chi connectivity index (χ1v) is 9.83. The Hall–Kier alpha value is -1.56. The molecule has 1 fully saturated rings. The highest BCUT2D eigenvalue weighted by molar-refractivity contribution is 5.81. The summed E-state index contributed by atoms with van der Waals surface area (Å²) in [4.78, 5) is 0. The summed E-state index contributed by atoms with van der Waals surface area (Å²) in [5, 5.41) is 0. The van der Waals surface area contributed by atoms with Gasteiger partial charge in [-0.2, -0.15) is 0 Å². The van der Waals surface area contributed by atoms with Crippen LogP contribution in [0, 0.1) is 5.92 Å². The second-order valence-corrected chi connectivity index (χ2v) is 10.4. The van der Waals surface area contributed by atoms with Crippen LogP contribution in [0.2, 0.25) is 0 Å². The Kier molecular flexibility index (Phi) is 3.37. The van der Waals surface area contributed by atoms with E-state index in [4.69, 9.17) is 0 Å². The molecule has 0 heteroatoms. The highest BCUT2D eigenvalue weighted by atomic mass is 14.5. The second-order valence-electron chi connectivity index (χ2n) is 10.4. The van der Waals surface area contributed by atoms with Crippen LogP contribution < -0.4 is 0 Å². The van der Waals surface area contributed by atoms with Gasteiger partial charge < -0.3 is 0 Å². The van der Waals surface area contributed by atoms with E-state index in [9.17, 15) is 0 Å². The van der Waals surface area contributed by atoms with E-state index in [1.165, 1.54) is 46.2 Å². The number of rotatable bonds is 2. The van der Waals surface area contributed by atoms with Gasteiger partial charge in [-0.25, -0.2) is 0 Å². The maximum atomic E-state index is 2.52. The van der Waals surface area contributed by atoms with Crippen LogP contribution in [0.1, 0.15) is 83.6 Å². The van der Waals surface area contributed by atoms with Gasteiger partial charge in [0.1, 0.15) is 0 Å². The summed E-state index contributed by atoms with van der Waals surface area (Å²) < 4.78 is 0. The summed E-state index contributed by atoms with van der Waals surface area (Å²) >= 11 is 0. The quantitative estimate of drug-likeness (QED) is 0.556. The first-order chi connectivity index (χ1) is 11.5. The Morgan fingerprint density at radius 2 is 1.24 bits per heavy atom. The van der Waals surface area contributed by atoms with E-state index in [1.807, 2.05) is 0 Å². The van der Waals surface area contributed by atoms with Crippen molar-refractivity contribution in [3.8, 4) is 11.1 Å². The Balaban J connectivity index is 1.85. The first kappa shape index (κ1) is 16.9. The molecule has 0 atom stereocenters. The van der Waals surface area contributed by atoms with Gasteiger partial charge in [-0.05, 0) is 63.0 Å². The minimum atomic E-state index is 0.0849. The molecule has 1 saturated carbocycles. The van der Waals surface area contributed by atoms with Crippen LogP contribution >= 0.6 is 0 Å². The van der Waals surface area contributed by atoms with Crippen molar-refractivity contribution in [2.75, 3.05) is 0 Å². The molecule has 0 saturated heterocycles. The molecule has 0 radical (unpaired) electrons. The molecule has 2 aliphatic carbocycles. The van der Waals surface area contributed by atoms with Gasteiger partial charge in [0, 0.05) is 5.41 Å². The summed E-state index contributed by atoms with van der Waals surface area (Å²) in [6, 6.07) is 14.4. The SMILES string of the molecule is CC(C)(C)c1ccc2c(c1)C(C)(C)c1cc(C(C)(C)C3CC3)ccc1-2. The molecule has 132 valence electrons. The van der Waals surface area contributed by atoms with Crippen molar-refractivity contribution in [2.45, 2.75) is 77.6 Å². The van der Waals surface area contributed by atoms with Crippen molar-refractivity contribution < 1.29 is 0 Å². The van der Waals surface area contributed by atoms with E-state index in [-0.39, 0.29) is 10.8 Å². The lowest BCUT2D eigenvalue weighted by Gasteiger charge is -2.28. The van der Waals surface area contributed by atoms with Gasteiger partial charge in [-0.1, -0.05) is 84.9 Å². The Labute approximate surface area is 153 Å². The third kappa shape index (κ3) is 2.48. The third-order valence-electron chi connectivity index (χ3n) is 6.88. The van der Waals surface area contributed by atoms with Gasteiger partial charge in [0.25, 0.3) is 0 Å². The molecular weight excluding hydrogens is 300 g/mol. The van der Waals surface area contributed by atoms with Crippen molar-refractivity contribution in [1.82, 2.24) is 0 Å². The number of hydrogen-bond acceptors (Lipinski definition) is 0. The molecular formula is C25H32. The maximum absolute atomic E-state index is 2.52. The molecule has 0 aromatic heterocycles. The zero-order chi connectivity index (χ0) is 18.2. The topological polar surface area (TPSA) is 0 Å². The molecule has 4 rings (SSSR count). The average Bonchev–Trinajstić information content (AvgIpc) is 3.35. The minimum Gasteiger partial charge on any atom is -0.0579 e. The van der Waals surface area contributed by atoms with Crippen LogP contribution in [0.25, 0.3) is 11.1 Å². The van der Waals surface area contributed by atoms with Gasteiger partial charge in [0.05, 0.1) is 0 Å². The van der Waals surface area contributed by atoms with Crippen LogP contribution in [0.4, 0.5) is 0 Å². The minimum absolute atomic E-state index is 0.0849. The van der Waals surface area contributed by atoms with E-state index >= 15 is 0 Å². The fourth-order valence-electron chi connectivity index (χ4n) is 4.65. The Morgan fingerprint density at radius 3 is 1.72 bits per heavy atom. The molecule has 0 spiro atoms. The van der Waals surface area contributed by atoms with E-state index < -0.39 is 0 Å². The van der Waals surface area contributed by atoms with Gasteiger partial charge in [-0.3, -0.25) is 0 Å². The van der Waals surface area contributed by atoms with Crippen LogP contribution in [0.5, 0.6) is 0 Å². The van der Waals surface area contributed by atoms with E-state index in [2.05, 4.69) is 84.9 Å². The average molecular weight is 333 g/mol. The molecule has 0 bridgehead atoms. The predicted octanol–water partition coefficient (Wildman–Crippen LogP) is 6.98. The summed E-state index contributed by atoms with van der Waals surface area (Å²) in [7, 11) is 0. The van der Waals surface area contributed by atoms with Gasteiger partial charge in [-0.15, -0.1) is 0 Å². The number of hydrogen-bond donors (Lipinski definition) is 0. The summed E-state index contributed by atoms with van der Waals surface area (Å²) in [5.41, 5.74) is 9.42. The third-order valence-corrected chi connectivity index (χ3v) is 6.88. The Morgan fingerprint density at radius 1 is 0.760 bits per heavy atom. The van der Waals surface area contributed by atoms with Gasteiger partial charge in [0.15, 0.2) is 0 Å². The summed E-state index contributed by atoms with van der Waals surface area (Å²) in [6.07, 6.45) is 2.78. The molecule has 0 amide bonds. The van der Waals surface area contributed by atoms with Crippen LogP contribution in [-0.4, -0.2) is 0 Å². The van der Waals surface area contributed by atoms with Crippen molar-refractivity contribution in [1.29, 1.82) is 0 Å². The number of fused-ring (bicyclic) bond motifs is 3. The zero-order valence-corrected chi connectivity index (χ0v) is 17.0. The summed E-state index contributed by atoms with van der Waals surface area (Å²) in [5.74, 6) is 0.866. The number of benzene rings is 2. The Bertz CT molecular complexity index is 839. The smallest absolute Gasteiger partial charge is 0.0159 e. The molecule has 2 aromatic carbocycles. The molecule has 0 aliphatic heterocycles. The predicted molar refractivity (Wildman–Crippen MR) is 108 cm³/mol. The lowest BCUT2D eigenvalue weighted by molar-refractivity contribution is 0.453. The monoisotopic (exact) mass is 332 g/mol. The maximum Gasteiger partial charge on any atom is 0.0159 e. The fraction of sp³-hybridized carbons (Fsp3) is 0.520. The largest absolute Gasteiger partial charge is 0.0579 e. The highest BCUT2D eigenvalue weighted by Gasteiger charge is 2.41. The van der Waals surface area contributed by atoms with Gasteiger partial charge >= 0.3 is 0 Å². The van der Waals surface area contributed by atoms with E-state index in [0.717, 1.165) is 5.92 Å². The van der Waals surface area contributed by atoms with E-state index in [1.54, 1.807) is 0 Å². The first-order valence-electron chi connectivity index (χ1n) is 9.83. The van der Waals surface area contributed by atoms with E-state index in [0.29, 0.717) is 5.41 Å². The summed E-state index contributed by atoms with van der Waals surface area (Å²) in [6.45, 7) is 16.6. The van der Waals surface area contributed by atoms with Gasteiger partial charge in [0.2, 0.25) is 0 Å². The second kappa shape index (κ2) is 5.00. The van der Waals surface area contributed by atoms with Crippen molar-refractivity contribution in [3.63, 3.8) is 0 Å². The molecule has 25 heavy (non-hydrogen) atoms. The van der Waals surface area contributed by atoms with Crippen LogP contribution in [-0.2, 0) is 16.2 Å². The van der Waals surface area contributed by atoms with Crippen molar-refractivity contribution in [2.24, 2.45) is 5.92 Å². The molecule has 0 unspecified atom stereocenters. The molecule has 2 aliphatic rings.